The van der Waals surface area contributed by atoms with E-state index < -0.39 is 0 Å². The van der Waals surface area contributed by atoms with Gasteiger partial charge >= 0.3 is 0 Å². The molecular formula is C17H25FN2O. The third-order valence-electron chi connectivity index (χ3n) is 4.38. The van der Waals surface area contributed by atoms with Crippen LogP contribution in [0.2, 0.25) is 0 Å². The molecule has 4 heteroatoms. The maximum absolute atomic E-state index is 13.6. The Bertz CT molecular complexity index is 478. The lowest BCUT2D eigenvalue weighted by molar-refractivity contribution is -0.132. The molecule has 0 spiro atoms. The fourth-order valence-corrected chi connectivity index (χ4v) is 3.12. The zero-order chi connectivity index (χ0) is 15.2. The van der Waals surface area contributed by atoms with E-state index in [2.05, 4.69) is 19.2 Å². The monoisotopic (exact) mass is 292 g/mol. The molecule has 3 nitrogen and oxygen atoms in total. The molecule has 0 radical (unpaired) electrons. The number of nitrogens with one attached hydrogen (secondary N) is 1. The fourth-order valence-electron chi connectivity index (χ4n) is 3.12. The van der Waals surface area contributed by atoms with Gasteiger partial charge < -0.3 is 10.2 Å². The summed E-state index contributed by atoms with van der Waals surface area (Å²) >= 11 is 0. The van der Waals surface area contributed by atoms with Crippen LogP contribution >= 0.6 is 0 Å². The summed E-state index contributed by atoms with van der Waals surface area (Å²) in [5, 5.41) is 3.51. The molecule has 0 aromatic heterocycles. The first-order chi connectivity index (χ1) is 10.2. The van der Waals surface area contributed by atoms with Gasteiger partial charge in [0, 0.05) is 19.1 Å². The molecule has 2 atom stereocenters. The van der Waals surface area contributed by atoms with E-state index >= 15 is 0 Å². The van der Waals surface area contributed by atoms with Crippen LogP contribution in [0.5, 0.6) is 0 Å². The Morgan fingerprint density at radius 1 is 1.38 bits per heavy atom. The van der Waals surface area contributed by atoms with Crippen molar-refractivity contribution < 1.29 is 9.18 Å². The summed E-state index contributed by atoms with van der Waals surface area (Å²) in [4.78, 5) is 14.3. The number of piperidine rings is 1. The predicted molar refractivity (Wildman–Crippen MR) is 82.5 cm³/mol. The third-order valence-corrected chi connectivity index (χ3v) is 4.38. The number of hydrogen-bond donors (Lipinski definition) is 1. The first kappa shape index (κ1) is 16.0. The topological polar surface area (TPSA) is 32.3 Å². The van der Waals surface area contributed by atoms with Crippen LogP contribution in [-0.4, -0.2) is 36.5 Å². The molecule has 1 fully saturated rings. The SMILES string of the molecule is CCNC1CCN(C(=O)Cc2ccccc2F)CC1CC. The van der Waals surface area contributed by atoms with Crippen molar-refractivity contribution >= 4 is 5.91 Å². The fraction of sp³-hybridized carbons (Fsp3) is 0.588. The summed E-state index contributed by atoms with van der Waals surface area (Å²) < 4.78 is 13.6. The maximum atomic E-state index is 13.6. The molecule has 116 valence electrons. The average Bonchev–Trinajstić information content (AvgIpc) is 2.50. The number of halogens is 1. The van der Waals surface area contributed by atoms with Crippen molar-refractivity contribution in [3.05, 3.63) is 35.6 Å². The first-order valence-corrected chi connectivity index (χ1v) is 7.90. The molecule has 1 aliphatic rings. The number of benzene rings is 1. The average molecular weight is 292 g/mol. The summed E-state index contributed by atoms with van der Waals surface area (Å²) in [6, 6.07) is 7.03. The first-order valence-electron chi connectivity index (χ1n) is 7.90. The Balaban J connectivity index is 1.96. The molecule has 1 saturated heterocycles. The van der Waals surface area contributed by atoms with E-state index in [4.69, 9.17) is 0 Å². The summed E-state index contributed by atoms with van der Waals surface area (Å²) in [6.07, 6.45) is 2.20. The van der Waals surface area contributed by atoms with Crippen LogP contribution in [0.15, 0.2) is 24.3 Å². The van der Waals surface area contributed by atoms with Crippen LogP contribution in [0.1, 0.15) is 32.3 Å². The molecule has 1 heterocycles. The van der Waals surface area contributed by atoms with Crippen LogP contribution < -0.4 is 5.32 Å². The van der Waals surface area contributed by atoms with Crippen LogP contribution in [0.4, 0.5) is 4.39 Å². The molecule has 1 aromatic rings. The maximum Gasteiger partial charge on any atom is 0.227 e. The van der Waals surface area contributed by atoms with Crippen LogP contribution in [0.3, 0.4) is 0 Å². The molecule has 1 amide bonds. The van der Waals surface area contributed by atoms with Gasteiger partial charge in [-0.05, 0) is 30.5 Å². The zero-order valence-electron chi connectivity index (χ0n) is 12.9. The van der Waals surface area contributed by atoms with Crippen LogP contribution in [0, 0.1) is 11.7 Å². The van der Waals surface area contributed by atoms with Crippen LogP contribution in [-0.2, 0) is 11.2 Å². The van der Waals surface area contributed by atoms with E-state index in [9.17, 15) is 9.18 Å². The van der Waals surface area contributed by atoms with Gasteiger partial charge in [-0.2, -0.15) is 0 Å². The number of carbonyl (C=O) groups is 1. The molecule has 1 N–H and O–H groups in total. The third kappa shape index (κ3) is 4.03. The Morgan fingerprint density at radius 3 is 2.81 bits per heavy atom. The highest BCUT2D eigenvalue weighted by Crippen LogP contribution is 2.21. The molecule has 0 bridgehead atoms. The van der Waals surface area contributed by atoms with Crippen molar-refractivity contribution in [1.29, 1.82) is 0 Å². The predicted octanol–water partition coefficient (Wildman–Crippen LogP) is 2.60. The van der Waals surface area contributed by atoms with Crippen molar-refractivity contribution in [2.45, 2.75) is 39.2 Å². The second kappa shape index (κ2) is 7.55. The molecule has 21 heavy (non-hydrogen) atoms. The molecular weight excluding hydrogens is 267 g/mol. The van der Waals surface area contributed by atoms with Gasteiger partial charge in [-0.3, -0.25) is 4.79 Å². The summed E-state index contributed by atoms with van der Waals surface area (Å²) in [5.41, 5.74) is 0.490. The number of hydrogen-bond acceptors (Lipinski definition) is 2. The van der Waals surface area contributed by atoms with Gasteiger partial charge in [-0.15, -0.1) is 0 Å². The highest BCUT2D eigenvalue weighted by Gasteiger charge is 2.29. The van der Waals surface area contributed by atoms with E-state index in [1.54, 1.807) is 18.2 Å². The summed E-state index contributed by atoms with van der Waals surface area (Å²) in [7, 11) is 0. The van der Waals surface area contributed by atoms with Crippen molar-refractivity contribution in [3.8, 4) is 0 Å². The highest BCUT2D eigenvalue weighted by atomic mass is 19.1. The number of amides is 1. The second-order valence-corrected chi connectivity index (χ2v) is 5.73. The van der Waals surface area contributed by atoms with E-state index in [0.29, 0.717) is 17.5 Å². The Hall–Kier alpha value is -1.42. The van der Waals surface area contributed by atoms with Crippen LogP contribution in [0.25, 0.3) is 0 Å². The molecule has 1 aromatic carbocycles. The molecule has 2 unspecified atom stereocenters. The lowest BCUT2D eigenvalue weighted by Gasteiger charge is -2.38. The van der Waals surface area contributed by atoms with Gasteiger partial charge in [0.2, 0.25) is 5.91 Å². The largest absolute Gasteiger partial charge is 0.342 e. The number of rotatable bonds is 5. The van der Waals surface area contributed by atoms with E-state index in [1.165, 1.54) is 6.07 Å². The van der Waals surface area contributed by atoms with Gasteiger partial charge in [0.1, 0.15) is 5.82 Å². The van der Waals surface area contributed by atoms with Gasteiger partial charge in [0.05, 0.1) is 6.42 Å². The number of carbonyl (C=O) groups excluding carboxylic acids is 1. The van der Waals surface area contributed by atoms with Gasteiger partial charge in [0.25, 0.3) is 0 Å². The van der Waals surface area contributed by atoms with Crippen molar-refractivity contribution in [2.24, 2.45) is 5.92 Å². The van der Waals surface area contributed by atoms with Gasteiger partial charge in [-0.1, -0.05) is 38.5 Å². The quantitative estimate of drug-likeness (QED) is 0.905. The Kier molecular flexibility index (Phi) is 5.74. The van der Waals surface area contributed by atoms with E-state index in [0.717, 1.165) is 32.5 Å². The molecule has 2 rings (SSSR count). The second-order valence-electron chi connectivity index (χ2n) is 5.73. The standard InChI is InChI=1S/C17H25FN2O/c1-3-13-12-20(10-9-16(13)19-4-2)17(21)11-14-7-5-6-8-15(14)18/h5-8,13,16,19H,3-4,9-12H2,1-2H3. The van der Waals surface area contributed by atoms with Crippen molar-refractivity contribution in [2.75, 3.05) is 19.6 Å². The highest BCUT2D eigenvalue weighted by molar-refractivity contribution is 5.79. The Morgan fingerprint density at radius 2 is 2.14 bits per heavy atom. The van der Waals surface area contributed by atoms with Gasteiger partial charge in [0.15, 0.2) is 0 Å². The number of nitrogens with zero attached hydrogens (tertiary/aromatic N) is 1. The van der Waals surface area contributed by atoms with Crippen molar-refractivity contribution in [3.63, 3.8) is 0 Å². The normalized spacial score (nSPS) is 22.3. The lowest BCUT2D eigenvalue weighted by Crippen LogP contribution is -2.51. The minimum atomic E-state index is -0.291. The molecule has 0 aliphatic carbocycles. The molecule has 1 aliphatic heterocycles. The van der Waals surface area contributed by atoms with E-state index in [-0.39, 0.29) is 18.1 Å². The Labute approximate surface area is 126 Å². The molecule has 0 saturated carbocycles. The van der Waals surface area contributed by atoms with Crippen molar-refractivity contribution in [1.82, 2.24) is 10.2 Å². The minimum absolute atomic E-state index is 0.0356. The zero-order valence-corrected chi connectivity index (χ0v) is 12.9. The minimum Gasteiger partial charge on any atom is -0.342 e. The number of likely N-dealkylation sites (tertiary alicyclic amines) is 1. The lowest BCUT2D eigenvalue weighted by atomic mass is 9.89. The smallest absolute Gasteiger partial charge is 0.227 e. The van der Waals surface area contributed by atoms with E-state index in [1.807, 2.05) is 4.90 Å². The summed E-state index contributed by atoms with van der Waals surface area (Å²) in [6.45, 7) is 6.79. The summed E-state index contributed by atoms with van der Waals surface area (Å²) in [5.74, 6) is 0.234. The van der Waals surface area contributed by atoms with Gasteiger partial charge in [-0.25, -0.2) is 4.39 Å².